The highest BCUT2D eigenvalue weighted by molar-refractivity contribution is 5.45. The molecule has 0 fully saturated rings. The Morgan fingerprint density at radius 3 is 1.82 bits per heavy atom. The van der Waals surface area contributed by atoms with Crippen molar-refractivity contribution in [3.63, 3.8) is 0 Å². The van der Waals surface area contributed by atoms with Gasteiger partial charge in [-0.2, -0.15) is 0 Å². The molecule has 1 aromatic carbocycles. The molecule has 0 saturated carbocycles. The van der Waals surface area contributed by atoms with Gasteiger partial charge in [0.05, 0.1) is 0 Å². The molecule has 118 valence electrons. The summed E-state index contributed by atoms with van der Waals surface area (Å²) in [6.07, 6.45) is 4.68. The number of phenolic OH excluding ortho intramolecular Hbond substituents is 1. The number of nitrogens with zero attached hydrogens (tertiary/aromatic N) is 1. The summed E-state index contributed by atoms with van der Waals surface area (Å²) in [6, 6.07) is 7.59. The maximum Gasteiger partial charge on any atom is 0.119 e. The lowest BCUT2D eigenvalue weighted by atomic mass is 9.76. The van der Waals surface area contributed by atoms with E-state index in [-0.39, 0.29) is 10.8 Å². The molecule has 1 N–H and O–H groups in total. The van der Waals surface area contributed by atoms with Crippen LogP contribution in [0, 0.1) is 0 Å². The van der Waals surface area contributed by atoms with Gasteiger partial charge in [-0.25, -0.2) is 0 Å². The Balaban J connectivity index is 2.63. The van der Waals surface area contributed by atoms with E-state index < -0.39 is 0 Å². The summed E-state index contributed by atoms with van der Waals surface area (Å²) in [4.78, 5) is 4.48. The van der Waals surface area contributed by atoms with Crippen molar-refractivity contribution in [3.05, 3.63) is 58.9 Å². The fraction of sp³-hybridized carbons (Fsp3) is 0.450. The number of rotatable bonds is 2. The van der Waals surface area contributed by atoms with Crippen LogP contribution in [0.25, 0.3) is 0 Å². The first-order chi connectivity index (χ1) is 10.1. The highest BCUT2D eigenvalue weighted by Gasteiger charge is 2.26. The van der Waals surface area contributed by atoms with Crippen molar-refractivity contribution in [1.29, 1.82) is 0 Å². The van der Waals surface area contributed by atoms with Crippen molar-refractivity contribution in [2.75, 3.05) is 0 Å². The lowest BCUT2D eigenvalue weighted by molar-refractivity contribution is 0.468. The normalized spacial score (nSPS) is 12.5. The fourth-order valence-corrected chi connectivity index (χ4v) is 2.82. The Morgan fingerprint density at radius 2 is 1.36 bits per heavy atom. The summed E-state index contributed by atoms with van der Waals surface area (Å²) < 4.78 is 0. The molecule has 1 heterocycles. The highest BCUT2D eigenvalue weighted by Crippen LogP contribution is 2.35. The zero-order chi connectivity index (χ0) is 16.5. The third-order valence-electron chi connectivity index (χ3n) is 4.03. The first-order valence-electron chi connectivity index (χ1n) is 7.85. The lowest BCUT2D eigenvalue weighted by Gasteiger charge is -2.29. The van der Waals surface area contributed by atoms with Crippen molar-refractivity contribution in [2.45, 2.75) is 58.8 Å². The molecule has 0 radical (unpaired) electrons. The molecule has 0 aliphatic rings. The summed E-state index contributed by atoms with van der Waals surface area (Å²) in [6.45, 7) is 13.3. The Labute approximate surface area is 134 Å². The second-order valence-corrected chi connectivity index (χ2v) is 8.02. The van der Waals surface area contributed by atoms with Crippen LogP contribution in [0.15, 0.2) is 36.7 Å². The molecule has 0 amide bonds. The third-order valence-corrected chi connectivity index (χ3v) is 4.03. The quantitative estimate of drug-likeness (QED) is 0.848. The average Bonchev–Trinajstić information content (AvgIpc) is 2.39. The van der Waals surface area contributed by atoms with E-state index in [1.807, 2.05) is 30.6 Å². The van der Waals surface area contributed by atoms with E-state index in [0.29, 0.717) is 5.75 Å². The summed E-state index contributed by atoms with van der Waals surface area (Å²) in [5.74, 6) is 0.360. The maximum absolute atomic E-state index is 10.1. The fourth-order valence-electron chi connectivity index (χ4n) is 2.82. The van der Waals surface area contributed by atoms with Gasteiger partial charge in [0.25, 0.3) is 0 Å². The Hall–Kier alpha value is -1.83. The predicted molar refractivity (Wildman–Crippen MR) is 92.5 cm³/mol. The van der Waals surface area contributed by atoms with E-state index in [2.05, 4.69) is 46.5 Å². The molecule has 2 nitrogen and oxygen atoms in total. The molecule has 1 aromatic heterocycles. The standard InChI is InChI=1S/C20H27NO/c1-19(2,3)16-12-21-13-17(20(4,5)6)15(16)11-14-9-7-8-10-18(14)22/h7-10,12-13,22H,11H2,1-6H3. The summed E-state index contributed by atoms with van der Waals surface area (Å²) in [5.41, 5.74) is 4.80. The largest absolute Gasteiger partial charge is 0.508 e. The van der Waals surface area contributed by atoms with E-state index in [1.165, 1.54) is 16.7 Å². The van der Waals surface area contributed by atoms with E-state index in [4.69, 9.17) is 0 Å². The van der Waals surface area contributed by atoms with Gasteiger partial charge in [-0.3, -0.25) is 4.98 Å². The summed E-state index contributed by atoms with van der Waals surface area (Å²) in [5, 5.41) is 10.1. The minimum absolute atomic E-state index is 0.0218. The SMILES string of the molecule is CC(C)(C)c1cncc(C(C)(C)C)c1Cc1ccccc1O. The molecule has 0 atom stereocenters. The Kier molecular flexibility index (Phi) is 4.32. The number of aromatic nitrogens is 1. The molecular formula is C20H27NO. The van der Waals surface area contributed by atoms with Gasteiger partial charge in [0, 0.05) is 18.8 Å². The van der Waals surface area contributed by atoms with Crippen molar-refractivity contribution in [3.8, 4) is 5.75 Å². The first kappa shape index (κ1) is 16.5. The second-order valence-electron chi connectivity index (χ2n) is 8.02. The van der Waals surface area contributed by atoms with Gasteiger partial charge >= 0.3 is 0 Å². The van der Waals surface area contributed by atoms with Gasteiger partial charge < -0.3 is 5.11 Å². The molecular weight excluding hydrogens is 270 g/mol. The second kappa shape index (κ2) is 5.75. The summed E-state index contributed by atoms with van der Waals surface area (Å²) in [7, 11) is 0. The van der Waals surface area contributed by atoms with Crippen LogP contribution in [0.1, 0.15) is 63.8 Å². The van der Waals surface area contributed by atoms with Crippen molar-refractivity contribution >= 4 is 0 Å². The van der Waals surface area contributed by atoms with Gasteiger partial charge in [-0.1, -0.05) is 59.7 Å². The minimum Gasteiger partial charge on any atom is -0.508 e. The van der Waals surface area contributed by atoms with Crippen LogP contribution in [-0.2, 0) is 17.3 Å². The number of phenols is 1. The molecule has 2 heteroatoms. The number of hydrogen-bond donors (Lipinski definition) is 1. The van der Waals surface area contributed by atoms with Gasteiger partial charge in [-0.15, -0.1) is 0 Å². The molecule has 0 spiro atoms. The molecule has 0 unspecified atom stereocenters. The van der Waals surface area contributed by atoms with Crippen LogP contribution in [-0.4, -0.2) is 10.1 Å². The topological polar surface area (TPSA) is 33.1 Å². The third kappa shape index (κ3) is 3.49. The number of hydrogen-bond acceptors (Lipinski definition) is 2. The molecule has 2 aromatic rings. The van der Waals surface area contributed by atoms with E-state index in [0.717, 1.165) is 12.0 Å². The van der Waals surface area contributed by atoms with Crippen LogP contribution in [0.5, 0.6) is 5.75 Å². The van der Waals surface area contributed by atoms with Gasteiger partial charge in [0.15, 0.2) is 0 Å². The number of aromatic hydroxyl groups is 1. The maximum atomic E-state index is 10.1. The number of pyridine rings is 1. The van der Waals surface area contributed by atoms with E-state index >= 15 is 0 Å². The Morgan fingerprint density at radius 1 is 0.864 bits per heavy atom. The van der Waals surface area contributed by atoms with E-state index in [1.54, 1.807) is 6.07 Å². The molecule has 0 aliphatic heterocycles. The monoisotopic (exact) mass is 297 g/mol. The van der Waals surface area contributed by atoms with Crippen LogP contribution >= 0.6 is 0 Å². The average molecular weight is 297 g/mol. The first-order valence-corrected chi connectivity index (χ1v) is 7.85. The van der Waals surface area contributed by atoms with Gasteiger partial charge in [0.1, 0.15) is 5.75 Å². The molecule has 2 rings (SSSR count). The van der Waals surface area contributed by atoms with Crippen LogP contribution < -0.4 is 0 Å². The van der Waals surface area contributed by atoms with Crippen LogP contribution in [0.2, 0.25) is 0 Å². The smallest absolute Gasteiger partial charge is 0.119 e. The van der Waals surface area contributed by atoms with Crippen molar-refractivity contribution < 1.29 is 5.11 Å². The Bertz CT molecular complexity index is 628. The van der Waals surface area contributed by atoms with Crippen molar-refractivity contribution in [2.24, 2.45) is 0 Å². The lowest BCUT2D eigenvalue weighted by Crippen LogP contribution is -2.22. The van der Waals surface area contributed by atoms with E-state index in [9.17, 15) is 5.11 Å². The molecule has 0 saturated heterocycles. The number of para-hydroxylation sites is 1. The molecule has 22 heavy (non-hydrogen) atoms. The predicted octanol–water partition coefficient (Wildman–Crippen LogP) is 4.97. The highest BCUT2D eigenvalue weighted by atomic mass is 16.3. The van der Waals surface area contributed by atoms with Crippen LogP contribution in [0.4, 0.5) is 0 Å². The van der Waals surface area contributed by atoms with Gasteiger partial charge in [0.2, 0.25) is 0 Å². The molecule has 0 bridgehead atoms. The van der Waals surface area contributed by atoms with Crippen molar-refractivity contribution in [1.82, 2.24) is 4.98 Å². The summed E-state index contributed by atoms with van der Waals surface area (Å²) >= 11 is 0. The zero-order valence-corrected chi connectivity index (χ0v) is 14.6. The van der Waals surface area contributed by atoms with Gasteiger partial charge in [-0.05, 0) is 39.2 Å². The molecule has 0 aliphatic carbocycles. The minimum atomic E-state index is 0.0218. The zero-order valence-electron chi connectivity index (χ0n) is 14.6. The van der Waals surface area contributed by atoms with Crippen LogP contribution in [0.3, 0.4) is 0 Å². The number of benzene rings is 1.